The number of aromatic nitrogens is 2. The van der Waals surface area contributed by atoms with Gasteiger partial charge in [0.05, 0.1) is 6.61 Å². The molecule has 0 aliphatic heterocycles. The zero-order valence-electron chi connectivity index (χ0n) is 12.8. The van der Waals surface area contributed by atoms with Gasteiger partial charge in [0.25, 0.3) is 11.8 Å². The maximum Gasteiger partial charge on any atom is 0.269 e. The molecule has 0 aromatic carbocycles. The van der Waals surface area contributed by atoms with Crippen LogP contribution in [0.25, 0.3) is 0 Å². The summed E-state index contributed by atoms with van der Waals surface area (Å²) in [4.78, 5) is 32.0. The van der Waals surface area contributed by atoms with Gasteiger partial charge in [0.15, 0.2) is 0 Å². The molecule has 23 heavy (non-hydrogen) atoms. The molecule has 0 atom stereocenters. The van der Waals surface area contributed by atoms with Crippen molar-refractivity contribution >= 4 is 11.8 Å². The first-order valence-corrected chi connectivity index (χ1v) is 7.11. The lowest BCUT2D eigenvalue weighted by Gasteiger charge is -2.07. The van der Waals surface area contributed by atoms with Crippen molar-refractivity contribution in [2.45, 2.75) is 6.54 Å². The first kappa shape index (κ1) is 16.6. The lowest BCUT2D eigenvalue weighted by molar-refractivity contribution is 0.0932. The number of pyridine rings is 2. The monoisotopic (exact) mass is 314 g/mol. The van der Waals surface area contributed by atoms with Crippen LogP contribution in [0.4, 0.5) is 0 Å². The van der Waals surface area contributed by atoms with E-state index in [2.05, 4.69) is 20.6 Å². The van der Waals surface area contributed by atoms with Gasteiger partial charge >= 0.3 is 0 Å². The SMILES string of the molecule is COCCNC(=O)c1cc(C(=O)NCc2cccnc2)ccn1. The second-order valence-electron chi connectivity index (χ2n) is 4.72. The number of methoxy groups -OCH3 is 1. The molecule has 2 aromatic rings. The topological polar surface area (TPSA) is 93.2 Å². The van der Waals surface area contributed by atoms with Crippen LogP contribution >= 0.6 is 0 Å². The summed E-state index contributed by atoms with van der Waals surface area (Å²) in [6.45, 7) is 1.16. The van der Waals surface area contributed by atoms with E-state index in [1.807, 2.05) is 6.07 Å². The average Bonchev–Trinajstić information content (AvgIpc) is 2.61. The minimum Gasteiger partial charge on any atom is -0.383 e. The van der Waals surface area contributed by atoms with Crippen LogP contribution in [0.3, 0.4) is 0 Å². The lowest BCUT2D eigenvalue weighted by atomic mass is 10.2. The fourth-order valence-electron chi connectivity index (χ4n) is 1.84. The summed E-state index contributed by atoms with van der Waals surface area (Å²) in [5.74, 6) is -0.619. The summed E-state index contributed by atoms with van der Waals surface area (Å²) >= 11 is 0. The van der Waals surface area contributed by atoms with E-state index < -0.39 is 0 Å². The van der Waals surface area contributed by atoms with E-state index in [0.29, 0.717) is 25.3 Å². The molecule has 2 rings (SSSR count). The predicted molar refractivity (Wildman–Crippen MR) is 83.9 cm³/mol. The summed E-state index contributed by atoms with van der Waals surface area (Å²) < 4.78 is 4.86. The Kier molecular flexibility index (Phi) is 6.19. The van der Waals surface area contributed by atoms with E-state index in [4.69, 9.17) is 4.74 Å². The highest BCUT2D eigenvalue weighted by Gasteiger charge is 2.11. The molecule has 0 aliphatic carbocycles. The van der Waals surface area contributed by atoms with Crippen molar-refractivity contribution in [1.29, 1.82) is 0 Å². The second-order valence-corrected chi connectivity index (χ2v) is 4.72. The minimum absolute atomic E-state index is 0.190. The van der Waals surface area contributed by atoms with Crippen molar-refractivity contribution in [2.75, 3.05) is 20.3 Å². The van der Waals surface area contributed by atoms with Gasteiger partial charge in [-0.2, -0.15) is 0 Å². The maximum absolute atomic E-state index is 12.1. The average molecular weight is 314 g/mol. The fraction of sp³-hybridized carbons (Fsp3) is 0.250. The standard InChI is InChI=1S/C16H18N4O3/c1-23-8-7-19-16(22)14-9-13(4-6-18-14)15(21)20-11-12-3-2-5-17-10-12/h2-6,9-10H,7-8,11H2,1H3,(H,19,22)(H,20,21). The molecule has 0 aliphatic rings. The predicted octanol–water partition coefficient (Wildman–Crippen LogP) is 0.783. The summed E-state index contributed by atoms with van der Waals surface area (Å²) in [5, 5.41) is 5.43. The fourth-order valence-corrected chi connectivity index (χ4v) is 1.84. The first-order valence-electron chi connectivity index (χ1n) is 7.11. The van der Waals surface area contributed by atoms with E-state index in [1.54, 1.807) is 31.6 Å². The number of rotatable bonds is 7. The number of nitrogens with zero attached hydrogens (tertiary/aromatic N) is 2. The van der Waals surface area contributed by atoms with Crippen LogP contribution in [0.1, 0.15) is 26.4 Å². The number of carbonyl (C=O) groups excluding carboxylic acids is 2. The van der Waals surface area contributed by atoms with Gasteiger partial charge in [0.1, 0.15) is 5.69 Å². The molecular formula is C16H18N4O3. The smallest absolute Gasteiger partial charge is 0.269 e. The van der Waals surface area contributed by atoms with Gasteiger partial charge in [-0.3, -0.25) is 19.6 Å². The third kappa shape index (κ3) is 5.15. The largest absolute Gasteiger partial charge is 0.383 e. The van der Waals surface area contributed by atoms with Crippen LogP contribution in [-0.2, 0) is 11.3 Å². The molecule has 2 heterocycles. The molecule has 120 valence electrons. The highest BCUT2D eigenvalue weighted by Crippen LogP contribution is 2.03. The second kappa shape index (κ2) is 8.60. The zero-order chi connectivity index (χ0) is 16.5. The Bertz CT molecular complexity index is 661. The van der Waals surface area contributed by atoms with E-state index in [0.717, 1.165) is 5.56 Å². The quantitative estimate of drug-likeness (QED) is 0.737. The summed E-state index contributed by atoms with van der Waals surface area (Å²) in [7, 11) is 1.55. The van der Waals surface area contributed by atoms with Crippen LogP contribution in [0, 0.1) is 0 Å². The Hall–Kier alpha value is -2.80. The van der Waals surface area contributed by atoms with Gasteiger partial charge in [0.2, 0.25) is 0 Å². The maximum atomic E-state index is 12.1. The molecule has 0 saturated heterocycles. The summed E-state index contributed by atoms with van der Waals surface area (Å²) in [6, 6.07) is 6.69. The third-order valence-corrected chi connectivity index (χ3v) is 3.02. The summed E-state index contributed by atoms with van der Waals surface area (Å²) in [5.41, 5.74) is 1.46. The van der Waals surface area contributed by atoms with E-state index >= 15 is 0 Å². The molecule has 0 saturated carbocycles. The van der Waals surface area contributed by atoms with Gasteiger partial charge in [-0.05, 0) is 23.8 Å². The molecule has 0 bridgehead atoms. The molecule has 0 spiro atoms. The Morgan fingerprint density at radius 1 is 1.17 bits per heavy atom. The molecule has 2 N–H and O–H groups in total. The van der Waals surface area contributed by atoms with Crippen LogP contribution in [0.2, 0.25) is 0 Å². The number of ether oxygens (including phenoxy) is 1. The van der Waals surface area contributed by atoms with Gasteiger partial charge < -0.3 is 15.4 Å². The number of amides is 2. The molecule has 0 unspecified atom stereocenters. The normalized spacial score (nSPS) is 10.1. The zero-order valence-corrected chi connectivity index (χ0v) is 12.8. The van der Waals surface area contributed by atoms with E-state index in [9.17, 15) is 9.59 Å². The molecule has 7 heteroatoms. The van der Waals surface area contributed by atoms with Gasteiger partial charge in [-0.1, -0.05) is 6.07 Å². The van der Waals surface area contributed by atoms with Crippen LogP contribution < -0.4 is 10.6 Å². The van der Waals surface area contributed by atoms with Gasteiger partial charge in [0, 0.05) is 44.4 Å². The van der Waals surface area contributed by atoms with Crippen molar-refractivity contribution in [1.82, 2.24) is 20.6 Å². The Morgan fingerprint density at radius 2 is 2.04 bits per heavy atom. The first-order chi connectivity index (χ1) is 11.2. The highest BCUT2D eigenvalue weighted by molar-refractivity contribution is 5.98. The number of carbonyl (C=O) groups is 2. The number of hydrogen-bond acceptors (Lipinski definition) is 5. The molecule has 2 amide bonds. The molecule has 7 nitrogen and oxygen atoms in total. The van der Waals surface area contributed by atoms with Gasteiger partial charge in [-0.15, -0.1) is 0 Å². The van der Waals surface area contributed by atoms with Crippen LogP contribution in [0.15, 0.2) is 42.9 Å². The molecule has 0 radical (unpaired) electrons. The minimum atomic E-state index is -0.344. The van der Waals surface area contributed by atoms with E-state index in [-0.39, 0.29) is 17.5 Å². The molecule has 2 aromatic heterocycles. The molecular weight excluding hydrogens is 296 g/mol. The third-order valence-electron chi connectivity index (χ3n) is 3.02. The molecule has 0 fully saturated rings. The van der Waals surface area contributed by atoms with E-state index in [1.165, 1.54) is 12.3 Å². The van der Waals surface area contributed by atoms with Crippen molar-refractivity contribution in [2.24, 2.45) is 0 Å². The van der Waals surface area contributed by atoms with Crippen molar-refractivity contribution < 1.29 is 14.3 Å². The summed E-state index contributed by atoms with van der Waals surface area (Å²) in [6.07, 6.45) is 4.79. The Balaban J connectivity index is 1.95. The Morgan fingerprint density at radius 3 is 2.78 bits per heavy atom. The van der Waals surface area contributed by atoms with Crippen molar-refractivity contribution in [3.63, 3.8) is 0 Å². The number of hydrogen-bond donors (Lipinski definition) is 2. The number of nitrogens with one attached hydrogen (secondary N) is 2. The van der Waals surface area contributed by atoms with Gasteiger partial charge in [-0.25, -0.2) is 0 Å². The van der Waals surface area contributed by atoms with Crippen molar-refractivity contribution in [3.05, 3.63) is 59.7 Å². The van der Waals surface area contributed by atoms with Crippen LogP contribution in [0.5, 0.6) is 0 Å². The highest BCUT2D eigenvalue weighted by atomic mass is 16.5. The lowest BCUT2D eigenvalue weighted by Crippen LogP contribution is -2.28. The van der Waals surface area contributed by atoms with Crippen molar-refractivity contribution in [3.8, 4) is 0 Å². The Labute approximate surface area is 134 Å². The van der Waals surface area contributed by atoms with Crippen LogP contribution in [-0.4, -0.2) is 42.0 Å².